The number of hydrogen-bond donors (Lipinski definition) is 1. The lowest BCUT2D eigenvalue weighted by Gasteiger charge is -2.38. The molecule has 4 heterocycles. The third-order valence-electron chi connectivity index (χ3n) is 6.15. The summed E-state index contributed by atoms with van der Waals surface area (Å²) in [6.07, 6.45) is 4.98. The molecule has 152 valence electrons. The maximum Gasteiger partial charge on any atom is 0.272 e. The van der Waals surface area contributed by atoms with Gasteiger partial charge >= 0.3 is 0 Å². The molecule has 0 atom stereocenters. The average Bonchev–Trinajstić information content (AvgIpc) is 3.49. The number of nitrogens with zero attached hydrogens (tertiary/aromatic N) is 3. The molecule has 3 aromatic rings. The zero-order valence-electron chi connectivity index (χ0n) is 16.2. The van der Waals surface area contributed by atoms with Crippen molar-refractivity contribution < 1.29 is 9.21 Å². The van der Waals surface area contributed by atoms with Crippen LogP contribution in [0.3, 0.4) is 0 Å². The minimum Gasteiger partial charge on any atom is -0.463 e. The highest BCUT2D eigenvalue weighted by Gasteiger charge is 2.38. The van der Waals surface area contributed by atoms with Crippen molar-refractivity contribution in [1.29, 1.82) is 0 Å². The largest absolute Gasteiger partial charge is 0.463 e. The fraction of sp³-hybridized carbons (Fsp3) is 0.364. The molecule has 2 aromatic heterocycles. The molecule has 7 heteroatoms. The van der Waals surface area contributed by atoms with Crippen LogP contribution in [0, 0.1) is 5.41 Å². The van der Waals surface area contributed by atoms with Gasteiger partial charge in [-0.05, 0) is 55.5 Å². The van der Waals surface area contributed by atoms with Crippen molar-refractivity contribution in [3.63, 3.8) is 0 Å². The second-order valence-electron chi connectivity index (χ2n) is 7.86. The number of furan rings is 1. The van der Waals surface area contributed by atoms with Gasteiger partial charge in [0.1, 0.15) is 11.4 Å². The number of aromatic nitrogens is 2. The fourth-order valence-electron chi connectivity index (χ4n) is 4.41. The molecule has 5 rings (SSSR count). The van der Waals surface area contributed by atoms with Crippen LogP contribution in [0.5, 0.6) is 0 Å². The molecule has 1 amide bonds. The Kier molecular flexibility index (Phi) is 5.48. The van der Waals surface area contributed by atoms with Gasteiger partial charge in [-0.3, -0.25) is 4.79 Å². The summed E-state index contributed by atoms with van der Waals surface area (Å²) in [5.41, 5.74) is 2.51. The van der Waals surface area contributed by atoms with Crippen LogP contribution in [0.15, 0.2) is 59.2 Å². The molecular formula is C22H25ClN4O2. The molecule has 1 N–H and O–H groups in total. The Morgan fingerprint density at radius 1 is 1.07 bits per heavy atom. The van der Waals surface area contributed by atoms with Gasteiger partial charge < -0.3 is 14.6 Å². The number of amides is 1. The topological polar surface area (TPSA) is 63.3 Å². The molecule has 0 aliphatic carbocycles. The predicted octanol–water partition coefficient (Wildman–Crippen LogP) is 3.77. The summed E-state index contributed by atoms with van der Waals surface area (Å²) >= 11 is 0. The molecule has 1 aromatic carbocycles. The highest BCUT2D eigenvalue weighted by molar-refractivity contribution is 5.94. The Balaban J connectivity index is 0.00000205. The molecule has 0 radical (unpaired) electrons. The number of likely N-dealkylation sites (tertiary alicyclic amines) is 1. The van der Waals surface area contributed by atoms with Crippen molar-refractivity contribution in [3.05, 3.63) is 60.5 Å². The van der Waals surface area contributed by atoms with Crippen LogP contribution in [-0.4, -0.2) is 46.8 Å². The molecule has 2 fully saturated rings. The molecule has 1 spiro atoms. The third kappa shape index (κ3) is 3.70. The maximum absolute atomic E-state index is 13.4. The molecule has 0 bridgehead atoms. The van der Waals surface area contributed by atoms with Crippen LogP contribution >= 0.6 is 12.4 Å². The molecule has 2 aliphatic rings. The van der Waals surface area contributed by atoms with Crippen molar-refractivity contribution in [3.8, 4) is 17.1 Å². The van der Waals surface area contributed by atoms with Gasteiger partial charge in [-0.1, -0.05) is 18.2 Å². The lowest BCUT2D eigenvalue weighted by Crippen LogP contribution is -2.44. The summed E-state index contributed by atoms with van der Waals surface area (Å²) in [5, 5.41) is 8.16. The number of nitrogens with one attached hydrogen (secondary N) is 1. The summed E-state index contributed by atoms with van der Waals surface area (Å²) in [6, 6.07) is 15.3. The van der Waals surface area contributed by atoms with E-state index in [9.17, 15) is 4.79 Å². The van der Waals surface area contributed by atoms with Crippen LogP contribution < -0.4 is 5.32 Å². The maximum atomic E-state index is 13.4. The number of carbonyl (C=O) groups is 1. The van der Waals surface area contributed by atoms with E-state index in [1.165, 1.54) is 6.42 Å². The third-order valence-corrected chi connectivity index (χ3v) is 6.15. The summed E-state index contributed by atoms with van der Waals surface area (Å²) < 4.78 is 7.24. The molecule has 29 heavy (non-hydrogen) atoms. The van der Waals surface area contributed by atoms with E-state index >= 15 is 0 Å². The first kappa shape index (κ1) is 19.7. The molecule has 0 unspecified atom stereocenters. The SMILES string of the molecule is Cl.O=C(c1cc(-c2ccco2)nn1-c1ccccc1)N1CCC2(CCNC2)CC1. The first-order valence-corrected chi connectivity index (χ1v) is 9.94. The smallest absolute Gasteiger partial charge is 0.272 e. The zero-order chi connectivity index (χ0) is 19.0. The van der Waals surface area contributed by atoms with Gasteiger partial charge in [0.05, 0.1) is 12.0 Å². The zero-order valence-corrected chi connectivity index (χ0v) is 17.0. The number of hydrogen-bond acceptors (Lipinski definition) is 4. The highest BCUT2D eigenvalue weighted by Crippen LogP contribution is 2.37. The van der Waals surface area contributed by atoms with E-state index in [1.54, 1.807) is 10.9 Å². The summed E-state index contributed by atoms with van der Waals surface area (Å²) in [4.78, 5) is 15.4. The first-order valence-electron chi connectivity index (χ1n) is 9.94. The van der Waals surface area contributed by atoms with E-state index in [2.05, 4.69) is 10.4 Å². The number of halogens is 1. The lowest BCUT2D eigenvalue weighted by atomic mass is 9.78. The summed E-state index contributed by atoms with van der Waals surface area (Å²) in [6.45, 7) is 3.79. The van der Waals surface area contributed by atoms with Crippen LogP contribution in [0.2, 0.25) is 0 Å². The van der Waals surface area contributed by atoms with Gasteiger partial charge in [0, 0.05) is 25.7 Å². The number of rotatable bonds is 3. The molecule has 0 saturated carbocycles. The van der Waals surface area contributed by atoms with Gasteiger partial charge in [-0.25, -0.2) is 4.68 Å². The molecular weight excluding hydrogens is 388 g/mol. The standard InChI is InChI=1S/C22H24N4O2.ClH/c27-21(25-12-9-22(10-13-25)8-11-23-16-22)19-15-18(20-7-4-14-28-20)24-26(19)17-5-2-1-3-6-17;/h1-7,14-15,23H,8-13,16H2;1H. The highest BCUT2D eigenvalue weighted by atomic mass is 35.5. The Morgan fingerprint density at radius 2 is 1.86 bits per heavy atom. The predicted molar refractivity (Wildman–Crippen MR) is 114 cm³/mol. The summed E-state index contributed by atoms with van der Waals surface area (Å²) in [7, 11) is 0. The monoisotopic (exact) mass is 412 g/mol. The summed E-state index contributed by atoms with van der Waals surface area (Å²) in [5.74, 6) is 0.702. The van der Waals surface area contributed by atoms with Gasteiger partial charge in [0.25, 0.3) is 5.91 Å². The lowest BCUT2D eigenvalue weighted by molar-refractivity contribution is 0.0599. The minimum absolute atomic E-state index is 0. The van der Waals surface area contributed by atoms with Crippen molar-refractivity contribution in [2.24, 2.45) is 5.41 Å². The van der Waals surface area contributed by atoms with E-state index in [1.807, 2.05) is 53.4 Å². The van der Waals surface area contributed by atoms with Crippen LogP contribution in [0.25, 0.3) is 17.1 Å². The van der Waals surface area contributed by atoms with Crippen LogP contribution in [0.4, 0.5) is 0 Å². The van der Waals surface area contributed by atoms with Gasteiger partial charge in [0.2, 0.25) is 0 Å². The second-order valence-corrected chi connectivity index (χ2v) is 7.86. The average molecular weight is 413 g/mol. The van der Waals surface area contributed by atoms with Crippen LogP contribution in [-0.2, 0) is 0 Å². The molecule has 6 nitrogen and oxygen atoms in total. The quantitative estimate of drug-likeness (QED) is 0.711. The van der Waals surface area contributed by atoms with E-state index in [0.29, 0.717) is 22.6 Å². The van der Waals surface area contributed by atoms with Crippen molar-refractivity contribution in [1.82, 2.24) is 20.0 Å². The minimum atomic E-state index is 0. The van der Waals surface area contributed by atoms with Gasteiger partial charge in [-0.2, -0.15) is 5.10 Å². The number of benzene rings is 1. The number of para-hydroxylation sites is 1. The van der Waals surface area contributed by atoms with Crippen molar-refractivity contribution in [2.75, 3.05) is 26.2 Å². The first-order chi connectivity index (χ1) is 13.7. The van der Waals surface area contributed by atoms with Gasteiger partial charge in [-0.15, -0.1) is 12.4 Å². The molecule has 2 aliphatic heterocycles. The van der Waals surface area contributed by atoms with E-state index in [4.69, 9.17) is 4.42 Å². The Labute approximate surface area is 176 Å². The molecule has 2 saturated heterocycles. The normalized spacial score (nSPS) is 18.0. The van der Waals surface area contributed by atoms with E-state index in [0.717, 1.165) is 44.7 Å². The van der Waals surface area contributed by atoms with Crippen molar-refractivity contribution >= 4 is 18.3 Å². The Bertz CT molecular complexity index is 952. The fourth-order valence-corrected chi connectivity index (χ4v) is 4.41. The van der Waals surface area contributed by atoms with Crippen molar-refractivity contribution in [2.45, 2.75) is 19.3 Å². The second kappa shape index (κ2) is 8.05. The van der Waals surface area contributed by atoms with Crippen LogP contribution in [0.1, 0.15) is 29.8 Å². The van der Waals surface area contributed by atoms with Gasteiger partial charge in [0.15, 0.2) is 5.76 Å². The van der Waals surface area contributed by atoms with E-state index in [-0.39, 0.29) is 18.3 Å². The number of carbonyl (C=O) groups excluding carboxylic acids is 1. The Hall–Kier alpha value is -2.57. The number of piperidine rings is 1. The Morgan fingerprint density at radius 3 is 2.52 bits per heavy atom. The van der Waals surface area contributed by atoms with E-state index < -0.39 is 0 Å².